The summed E-state index contributed by atoms with van der Waals surface area (Å²) in [7, 11) is 1.46. The first-order chi connectivity index (χ1) is 18.2. The lowest BCUT2D eigenvalue weighted by atomic mass is 10.1. The number of anilines is 1. The maximum Gasteiger partial charge on any atom is 0.294 e. The zero-order chi connectivity index (χ0) is 27.2. The predicted molar refractivity (Wildman–Crippen MR) is 143 cm³/mol. The second-order valence-electron chi connectivity index (χ2n) is 8.81. The highest BCUT2D eigenvalue weighted by Crippen LogP contribution is 2.34. The molecule has 2 aliphatic rings. The van der Waals surface area contributed by atoms with E-state index in [1.807, 2.05) is 32.0 Å². The lowest BCUT2D eigenvalue weighted by Crippen LogP contribution is -2.46. The summed E-state index contributed by atoms with van der Waals surface area (Å²) >= 11 is 0.778. The number of imide groups is 1. The molecule has 2 fully saturated rings. The van der Waals surface area contributed by atoms with Gasteiger partial charge in [0.2, 0.25) is 5.91 Å². The van der Waals surface area contributed by atoms with Gasteiger partial charge < -0.3 is 24.4 Å². The van der Waals surface area contributed by atoms with Gasteiger partial charge in [-0.2, -0.15) is 0 Å². The Labute approximate surface area is 224 Å². The SMILES string of the molecule is COc1cc(/C=C2\SC(=O)N(CC(=O)N3CCOCC3)C2=O)ccc1OCC(=O)Nc1ccc(C)c(C)c1. The third kappa shape index (κ3) is 6.53. The van der Waals surface area contributed by atoms with Gasteiger partial charge >= 0.3 is 0 Å². The summed E-state index contributed by atoms with van der Waals surface area (Å²) < 4.78 is 16.3. The Kier molecular flexibility index (Phi) is 8.70. The molecule has 200 valence electrons. The molecule has 2 aromatic rings. The number of carbonyl (C=O) groups excluding carboxylic acids is 4. The molecule has 0 aromatic heterocycles. The second-order valence-corrected chi connectivity index (χ2v) is 9.80. The molecule has 38 heavy (non-hydrogen) atoms. The molecule has 2 heterocycles. The molecule has 0 bridgehead atoms. The number of amides is 4. The van der Waals surface area contributed by atoms with Gasteiger partial charge in [0, 0.05) is 18.8 Å². The highest BCUT2D eigenvalue weighted by atomic mass is 32.2. The van der Waals surface area contributed by atoms with Crippen molar-refractivity contribution in [3.05, 3.63) is 58.0 Å². The third-order valence-corrected chi connectivity index (χ3v) is 7.07. The quantitative estimate of drug-likeness (QED) is 0.509. The number of thioether (sulfide) groups is 1. The minimum atomic E-state index is -0.524. The first-order valence-electron chi connectivity index (χ1n) is 12.0. The van der Waals surface area contributed by atoms with E-state index in [2.05, 4.69) is 5.32 Å². The van der Waals surface area contributed by atoms with Crippen LogP contribution in [0.2, 0.25) is 0 Å². The van der Waals surface area contributed by atoms with Gasteiger partial charge in [-0.3, -0.25) is 24.1 Å². The molecular formula is C27H29N3O7S. The molecule has 2 aromatic carbocycles. The lowest BCUT2D eigenvalue weighted by Gasteiger charge is -2.28. The fraction of sp³-hybridized carbons (Fsp3) is 0.333. The molecule has 0 spiro atoms. The van der Waals surface area contributed by atoms with Crippen molar-refractivity contribution in [2.24, 2.45) is 0 Å². The van der Waals surface area contributed by atoms with E-state index in [9.17, 15) is 19.2 Å². The highest BCUT2D eigenvalue weighted by molar-refractivity contribution is 8.18. The van der Waals surface area contributed by atoms with Crippen molar-refractivity contribution in [2.45, 2.75) is 13.8 Å². The maximum atomic E-state index is 12.8. The van der Waals surface area contributed by atoms with Crippen LogP contribution in [0, 0.1) is 13.8 Å². The Morgan fingerprint density at radius 3 is 2.53 bits per heavy atom. The normalized spacial score (nSPS) is 16.7. The first-order valence-corrected chi connectivity index (χ1v) is 12.9. The number of ether oxygens (including phenoxy) is 3. The number of morpholine rings is 1. The summed E-state index contributed by atoms with van der Waals surface area (Å²) in [4.78, 5) is 52.9. The summed E-state index contributed by atoms with van der Waals surface area (Å²) in [5.41, 5.74) is 3.49. The number of nitrogens with zero attached hydrogens (tertiary/aromatic N) is 2. The molecule has 11 heteroatoms. The van der Waals surface area contributed by atoms with Crippen LogP contribution >= 0.6 is 11.8 Å². The van der Waals surface area contributed by atoms with Crippen molar-refractivity contribution in [3.8, 4) is 11.5 Å². The second kappa shape index (κ2) is 12.1. The molecule has 0 aliphatic carbocycles. The Balaban J connectivity index is 1.38. The van der Waals surface area contributed by atoms with Gasteiger partial charge in [-0.1, -0.05) is 12.1 Å². The number of aryl methyl sites for hydroxylation is 2. The molecule has 4 rings (SSSR count). The molecule has 10 nitrogen and oxygen atoms in total. The molecule has 0 atom stereocenters. The lowest BCUT2D eigenvalue weighted by molar-refractivity contribution is -0.139. The molecule has 1 N–H and O–H groups in total. The Morgan fingerprint density at radius 2 is 1.82 bits per heavy atom. The molecule has 0 radical (unpaired) electrons. The summed E-state index contributed by atoms with van der Waals surface area (Å²) in [5, 5.41) is 2.30. The van der Waals surface area contributed by atoms with Crippen LogP contribution in [0.3, 0.4) is 0 Å². The number of nitrogens with one attached hydrogen (secondary N) is 1. The summed E-state index contributed by atoms with van der Waals surface area (Å²) in [5.74, 6) is -0.422. The van der Waals surface area contributed by atoms with Gasteiger partial charge in [0.1, 0.15) is 6.54 Å². The van der Waals surface area contributed by atoms with Gasteiger partial charge in [-0.05, 0) is 72.6 Å². The van der Waals surface area contributed by atoms with Crippen LogP contribution < -0.4 is 14.8 Å². The van der Waals surface area contributed by atoms with Crippen molar-refractivity contribution < 1.29 is 33.4 Å². The molecule has 0 saturated carbocycles. The van der Waals surface area contributed by atoms with E-state index in [1.54, 1.807) is 29.2 Å². The Morgan fingerprint density at radius 1 is 1.05 bits per heavy atom. The molecule has 2 aliphatic heterocycles. The van der Waals surface area contributed by atoms with E-state index in [0.717, 1.165) is 27.8 Å². The van der Waals surface area contributed by atoms with E-state index in [-0.39, 0.29) is 29.9 Å². The topological polar surface area (TPSA) is 114 Å². The zero-order valence-electron chi connectivity index (χ0n) is 21.4. The minimum absolute atomic E-state index is 0.202. The fourth-order valence-corrected chi connectivity index (χ4v) is 4.73. The predicted octanol–water partition coefficient (Wildman–Crippen LogP) is 3.22. The molecule has 0 unspecified atom stereocenters. The van der Waals surface area contributed by atoms with Crippen molar-refractivity contribution >= 4 is 46.5 Å². The average Bonchev–Trinajstić information content (AvgIpc) is 3.17. The van der Waals surface area contributed by atoms with E-state index in [1.165, 1.54) is 7.11 Å². The standard InChI is InChI=1S/C27H29N3O7S/c1-17-4-6-20(12-18(17)2)28-24(31)16-37-21-7-5-19(13-22(21)35-3)14-23-26(33)30(27(34)38-23)15-25(32)29-8-10-36-11-9-29/h4-7,12-14H,8-11,15-16H2,1-3H3,(H,28,31)/b23-14-. The minimum Gasteiger partial charge on any atom is -0.493 e. The van der Waals surface area contributed by atoms with Gasteiger partial charge in [0.05, 0.1) is 25.2 Å². The third-order valence-electron chi connectivity index (χ3n) is 6.17. The van der Waals surface area contributed by atoms with Gasteiger partial charge in [0.15, 0.2) is 18.1 Å². The van der Waals surface area contributed by atoms with Crippen LogP contribution in [0.4, 0.5) is 10.5 Å². The van der Waals surface area contributed by atoms with Crippen LogP contribution in [0.25, 0.3) is 6.08 Å². The summed E-state index contributed by atoms with van der Waals surface area (Å²) in [6.07, 6.45) is 1.56. The number of hydrogen-bond donors (Lipinski definition) is 1. The van der Waals surface area contributed by atoms with Crippen LogP contribution in [0.5, 0.6) is 11.5 Å². The largest absolute Gasteiger partial charge is 0.493 e. The summed E-state index contributed by atoms with van der Waals surface area (Å²) in [6.45, 7) is 5.19. The van der Waals surface area contributed by atoms with Crippen LogP contribution in [0.15, 0.2) is 41.3 Å². The van der Waals surface area contributed by atoms with Crippen LogP contribution in [-0.2, 0) is 19.1 Å². The number of methoxy groups -OCH3 is 1. The number of hydrogen-bond acceptors (Lipinski definition) is 8. The van der Waals surface area contributed by atoms with Crippen molar-refractivity contribution in [1.29, 1.82) is 0 Å². The van der Waals surface area contributed by atoms with Gasteiger partial charge in [-0.15, -0.1) is 0 Å². The van der Waals surface area contributed by atoms with E-state index < -0.39 is 11.1 Å². The van der Waals surface area contributed by atoms with Crippen molar-refractivity contribution in [1.82, 2.24) is 9.80 Å². The number of rotatable bonds is 8. The van der Waals surface area contributed by atoms with Crippen molar-refractivity contribution in [3.63, 3.8) is 0 Å². The fourth-order valence-electron chi connectivity index (χ4n) is 3.89. The molecule has 2 saturated heterocycles. The first kappa shape index (κ1) is 27.2. The average molecular weight is 540 g/mol. The van der Waals surface area contributed by atoms with E-state index in [0.29, 0.717) is 49.1 Å². The van der Waals surface area contributed by atoms with Gasteiger partial charge in [0.25, 0.3) is 17.1 Å². The molecular weight excluding hydrogens is 510 g/mol. The maximum absolute atomic E-state index is 12.8. The molecule has 4 amide bonds. The Bertz CT molecular complexity index is 1290. The smallest absolute Gasteiger partial charge is 0.294 e. The van der Waals surface area contributed by atoms with Crippen LogP contribution in [-0.4, -0.2) is 79.3 Å². The number of carbonyl (C=O) groups is 4. The number of benzene rings is 2. The van der Waals surface area contributed by atoms with Gasteiger partial charge in [-0.25, -0.2) is 0 Å². The van der Waals surface area contributed by atoms with Crippen molar-refractivity contribution in [2.75, 3.05) is 51.9 Å². The Hall–Kier alpha value is -3.83. The summed E-state index contributed by atoms with van der Waals surface area (Å²) in [6, 6.07) is 10.6. The van der Waals surface area contributed by atoms with E-state index in [4.69, 9.17) is 14.2 Å². The van der Waals surface area contributed by atoms with Crippen LogP contribution in [0.1, 0.15) is 16.7 Å². The highest BCUT2D eigenvalue weighted by Gasteiger charge is 2.37. The monoisotopic (exact) mass is 539 g/mol. The van der Waals surface area contributed by atoms with E-state index >= 15 is 0 Å². The zero-order valence-corrected chi connectivity index (χ0v) is 22.3.